The molecule has 1 heterocycles. The van der Waals surface area contributed by atoms with Gasteiger partial charge < -0.3 is 10.1 Å². The van der Waals surface area contributed by atoms with Crippen LogP contribution in [0.3, 0.4) is 0 Å². The van der Waals surface area contributed by atoms with Crippen LogP contribution in [0.25, 0.3) is 0 Å². The molecule has 0 atom stereocenters. The molecule has 1 saturated heterocycles. The first kappa shape index (κ1) is 15.9. The Labute approximate surface area is 139 Å². The van der Waals surface area contributed by atoms with E-state index in [1.54, 1.807) is 7.11 Å². The third kappa shape index (κ3) is 4.26. The number of likely N-dealkylation sites (tertiary alicyclic amines) is 1. The van der Waals surface area contributed by atoms with E-state index in [9.17, 15) is 0 Å². The molecule has 0 radical (unpaired) electrons. The van der Waals surface area contributed by atoms with Crippen molar-refractivity contribution in [2.24, 2.45) is 0 Å². The van der Waals surface area contributed by atoms with Gasteiger partial charge in [0.05, 0.1) is 7.11 Å². The van der Waals surface area contributed by atoms with Gasteiger partial charge in [-0.2, -0.15) is 0 Å². The summed E-state index contributed by atoms with van der Waals surface area (Å²) in [6.07, 6.45) is 2.39. The summed E-state index contributed by atoms with van der Waals surface area (Å²) in [5.74, 6) is 0.943. The fourth-order valence-electron chi connectivity index (χ4n) is 3.22. The molecule has 0 saturated carbocycles. The summed E-state index contributed by atoms with van der Waals surface area (Å²) in [6.45, 7) is 5.45. The van der Waals surface area contributed by atoms with Gasteiger partial charge >= 0.3 is 0 Å². The number of benzene rings is 2. The van der Waals surface area contributed by atoms with Crippen molar-refractivity contribution in [1.82, 2.24) is 4.90 Å². The van der Waals surface area contributed by atoms with Crippen molar-refractivity contribution in [2.45, 2.75) is 32.4 Å². The van der Waals surface area contributed by atoms with Gasteiger partial charge in [-0.1, -0.05) is 30.3 Å². The Balaban J connectivity index is 1.51. The van der Waals surface area contributed by atoms with Crippen molar-refractivity contribution in [3.05, 3.63) is 59.7 Å². The Kier molecular flexibility index (Phi) is 5.19. The highest BCUT2D eigenvalue weighted by Crippen LogP contribution is 2.21. The van der Waals surface area contributed by atoms with Crippen LogP contribution in [0, 0.1) is 6.92 Å². The standard InChI is InChI=1S/C20H26N2O/c1-16-6-3-4-9-20(16)21-18-10-12-22(13-11-18)15-17-7-5-8-19(14-17)23-2/h3-9,14,18,21H,10-13,15H2,1-2H3. The van der Waals surface area contributed by atoms with Crippen molar-refractivity contribution in [2.75, 3.05) is 25.5 Å². The van der Waals surface area contributed by atoms with Crippen LogP contribution < -0.4 is 10.1 Å². The molecular formula is C20H26N2O. The molecule has 1 aliphatic rings. The Morgan fingerprint density at radius 3 is 2.61 bits per heavy atom. The molecule has 3 nitrogen and oxygen atoms in total. The summed E-state index contributed by atoms with van der Waals surface area (Å²) in [7, 11) is 1.72. The van der Waals surface area contributed by atoms with Crippen LogP contribution in [0.2, 0.25) is 0 Å². The lowest BCUT2D eigenvalue weighted by Gasteiger charge is -2.33. The first-order chi connectivity index (χ1) is 11.2. The number of hydrogen-bond acceptors (Lipinski definition) is 3. The number of aryl methyl sites for hydroxylation is 1. The van der Waals surface area contributed by atoms with Crippen LogP contribution in [-0.2, 0) is 6.54 Å². The largest absolute Gasteiger partial charge is 0.497 e. The molecular weight excluding hydrogens is 284 g/mol. The second-order valence-electron chi connectivity index (χ2n) is 6.36. The van der Waals surface area contributed by atoms with Crippen LogP contribution in [-0.4, -0.2) is 31.1 Å². The maximum atomic E-state index is 5.31. The minimum atomic E-state index is 0.581. The number of nitrogens with one attached hydrogen (secondary N) is 1. The van der Waals surface area contributed by atoms with E-state index in [1.165, 1.54) is 29.7 Å². The fourth-order valence-corrected chi connectivity index (χ4v) is 3.22. The molecule has 3 rings (SSSR count). The molecule has 1 aliphatic heterocycles. The molecule has 23 heavy (non-hydrogen) atoms. The van der Waals surface area contributed by atoms with Gasteiger partial charge in [0.25, 0.3) is 0 Å². The van der Waals surface area contributed by atoms with Crippen LogP contribution in [0.4, 0.5) is 5.69 Å². The lowest BCUT2D eigenvalue weighted by Crippen LogP contribution is -2.38. The average molecular weight is 310 g/mol. The molecule has 0 unspecified atom stereocenters. The Hall–Kier alpha value is -2.00. The molecule has 0 aliphatic carbocycles. The quantitative estimate of drug-likeness (QED) is 0.900. The summed E-state index contributed by atoms with van der Waals surface area (Å²) >= 11 is 0. The van der Waals surface area contributed by atoms with Crippen molar-refractivity contribution < 1.29 is 4.74 Å². The van der Waals surface area contributed by atoms with E-state index < -0.39 is 0 Å². The van der Waals surface area contributed by atoms with Crippen molar-refractivity contribution in [3.8, 4) is 5.75 Å². The Morgan fingerprint density at radius 2 is 1.87 bits per heavy atom. The zero-order valence-electron chi connectivity index (χ0n) is 14.1. The summed E-state index contributed by atoms with van der Waals surface area (Å²) < 4.78 is 5.31. The highest BCUT2D eigenvalue weighted by Gasteiger charge is 2.19. The lowest BCUT2D eigenvalue weighted by atomic mass is 10.0. The molecule has 0 bridgehead atoms. The zero-order valence-corrected chi connectivity index (χ0v) is 14.1. The fraction of sp³-hybridized carbons (Fsp3) is 0.400. The summed E-state index contributed by atoms with van der Waals surface area (Å²) in [6, 6.07) is 17.5. The molecule has 3 heteroatoms. The number of methoxy groups -OCH3 is 1. The van der Waals surface area contributed by atoms with Gasteiger partial charge in [0, 0.05) is 31.4 Å². The molecule has 0 aromatic heterocycles. The zero-order chi connectivity index (χ0) is 16.1. The van der Waals surface area contributed by atoms with Gasteiger partial charge in [-0.3, -0.25) is 4.90 Å². The maximum absolute atomic E-state index is 5.31. The minimum absolute atomic E-state index is 0.581. The van der Waals surface area contributed by atoms with E-state index in [4.69, 9.17) is 4.74 Å². The van der Waals surface area contributed by atoms with Crippen molar-refractivity contribution in [3.63, 3.8) is 0 Å². The third-order valence-electron chi connectivity index (χ3n) is 4.63. The SMILES string of the molecule is COc1cccc(CN2CCC(Nc3ccccc3C)CC2)c1. The molecule has 0 amide bonds. The Bertz CT molecular complexity index is 633. The van der Waals surface area contributed by atoms with Crippen molar-refractivity contribution >= 4 is 5.69 Å². The minimum Gasteiger partial charge on any atom is -0.497 e. The van der Waals surface area contributed by atoms with E-state index in [0.717, 1.165) is 25.4 Å². The van der Waals surface area contributed by atoms with Gasteiger partial charge in [-0.05, 0) is 49.1 Å². The first-order valence-electron chi connectivity index (χ1n) is 8.42. The van der Waals surface area contributed by atoms with Crippen LogP contribution in [0.1, 0.15) is 24.0 Å². The lowest BCUT2D eigenvalue weighted by molar-refractivity contribution is 0.211. The van der Waals surface area contributed by atoms with E-state index in [2.05, 4.69) is 59.6 Å². The molecule has 1 fully saturated rings. The molecule has 2 aromatic rings. The van der Waals surface area contributed by atoms with E-state index in [0.29, 0.717) is 6.04 Å². The monoisotopic (exact) mass is 310 g/mol. The van der Waals surface area contributed by atoms with Gasteiger partial charge in [0.15, 0.2) is 0 Å². The number of rotatable bonds is 5. The molecule has 122 valence electrons. The maximum Gasteiger partial charge on any atom is 0.119 e. The topological polar surface area (TPSA) is 24.5 Å². The number of hydrogen-bond donors (Lipinski definition) is 1. The van der Waals surface area contributed by atoms with Crippen LogP contribution in [0.5, 0.6) is 5.75 Å². The van der Waals surface area contributed by atoms with Gasteiger partial charge in [0.1, 0.15) is 5.75 Å². The Morgan fingerprint density at radius 1 is 1.09 bits per heavy atom. The number of piperidine rings is 1. The first-order valence-corrected chi connectivity index (χ1v) is 8.42. The second kappa shape index (κ2) is 7.51. The third-order valence-corrected chi connectivity index (χ3v) is 4.63. The predicted octanol–water partition coefficient (Wildman–Crippen LogP) is 4.08. The highest BCUT2D eigenvalue weighted by molar-refractivity contribution is 5.50. The number of ether oxygens (including phenoxy) is 1. The van der Waals surface area contributed by atoms with E-state index in [-0.39, 0.29) is 0 Å². The van der Waals surface area contributed by atoms with E-state index >= 15 is 0 Å². The number of anilines is 1. The van der Waals surface area contributed by atoms with E-state index in [1.807, 2.05) is 6.07 Å². The number of nitrogens with zero attached hydrogens (tertiary/aromatic N) is 1. The molecule has 1 N–H and O–H groups in total. The summed E-state index contributed by atoms with van der Waals surface area (Å²) in [5, 5.41) is 3.71. The van der Waals surface area contributed by atoms with Gasteiger partial charge in [-0.25, -0.2) is 0 Å². The molecule has 2 aromatic carbocycles. The number of para-hydroxylation sites is 1. The van der Waals surface area contributed by atoms with Crippen molar-refractivity contribution in [1.29, 1.82) is 0 Å². The van der Waals surface area contributed by atoms with Gasteiger partial charge in [-0.15, -0.1) is 0 Å². The normalized spacial score (nSPS) is 16.3. The summed E-state index contributed by atoms with van der Waals surface area (Å²) in [4.78, 5) is 2.53. The van der Waals surface area contributed by atoms with Gasteiger partial charge in [0.2, 0.25) is 0 Å². The predicted molar refractivity (Wildman–Crippen MR) is 96.1 cm³/mol. The van der Waals surface area contributed by atoms with Crippen LogP contribution >= 0.6 is 0 Å². The summed E-state index contributed by atoms with van der Waals surface area (Å²) in [5.41, 5.74) is 3.93. The smallest absolute Gasteiger partial charge is 0.119 e. The molecule has 0 spiro atoms. The average Bonchev–Trinajstić information content (AvgIpc) is 2.59. The second-order valence-corrected chi connectivity index (χ2v) is 6.36. The highest BCUT2D eigenvalue weighted by atomic mass is 16.5. The van der Waals surface area contributed by atoms with Crippen LogP contribution in [0.15, 0.2) is 48.5 Å².